The van der Waals surface area contributed by atoms with Gasteiger partial charge in [0.1, 0.15) is 5.01 Å². The van der Waals surface area contributed by atoms with E-state index in [2.05, 4.69) is 15.2 Å². The van der Waals surface area contributed by atoms with Crippen molar-refractivity contribution in [2.45, 2.75) is 19.0 Å². The van der Waals surface area contributed by atoms with Crippen LogP contribution in [0.4, 0.5) is 18.9 Å². The second-order valence-electron chi connectivity index (χ2n) is 7.84. The largest absolute Gasteiger partial charge is 0.416 e. The minimum Gasteiger partial charge on any atom is -0.326 e. The zero-order valence-electron chi connectivity index (χ0n) is 17.9. The van der Waals surface area contributed by atoms with Crippen molar-refractivity contribution in [1.82, 2.24) is 9.88 Å². The highest BCUT2D eigenvalue weighted by Gasteiger charge is 2.30. The Morgan fingerprint density at radius 1 is 1.03 bits per heavy atom. The van der Waals surface area contributed by atoms with Gasteiger partial charge in [0.25, 0.3) is 0 Å². The third kappa shape index (κ3) is 6.82. The number of benzene rings is 2. The molecule has 3 aromatic rings. The quantitative estimate of drug-likeness (QED) is 0.467. The van der Waals surface area contributed by atoms with Gasteiger partial charge in [0.15, 0.2) is 0 Å². The number of nitrogens with zero attached hydrogens (tertiary/aromatic N) is 2. The summed E-state index contributed by atoms with van der Waals surface area (Å²) in [6.07, 6.45) is -3.27. The molecule has 0 radical (unpaired) electrons. The van der Waals surface area contributed by atoms with E-state index in [1.807, 2.05) is 36.0 Å². The highest BCUT2D eigenvalue weighted by atomic mass is 32.2. The summed E-state index contributed by atoms with van der Waals surface area (Å²) in [5.74, 6) is 2.23. The lowest BCUT2D eigenvalue weighted by Crippen LogP contribution is -2.34. The topological polar surface area (TPSA) is 45.2 Å². The first-order chi connectivity index (χ1) is 15.9. The van der Waals surface area contributed by atoms with Gasteiger partial charge in [0, 0.05) is 47.8 Å². The van der Waals surface area contributed by atoms with Crippen molar-refractivity contribution in [3.05, 3.63) is 70.7 Å². The Labute approximate surface area is 199 Å². The molecule has 33 heavy (non-hydrogen) atoms. The van der Waals surface area contributed by atoms with Crippen LogP contribution in [-0.2, 0) is 23.8 Å². The third-order valence-electron chi connectivity index (χ3n) is 5.41. The molecule has 1 fully saturated rings. The molecule has 0 aliphatic carbocycles. The molecule has 0 atom stereocenters. The van der Waals surface area contributed by atoms with Gasteiger partial charge in [-0.25, -0.2) is 4.98 Å². The van der Waals surface area contributed by atoms with Crippen LogP contribution in [0.3, 0.4) is 0 Å². The van der Waals surface area contributed by atoms with E-state index >= 15 is 0 Å². The lowest BCUT2D eigenvalue weighted by Gasteiger charge is -2.26. The first-order valence-corrected chi connectivity index (χ1v) is 12.7. The SMILES string of the molecule is O=C(Cc1csc(-c2ccc(C(F)(F)F)cc2)n1)Nc1ccc(CCN2CCSCC2)cc1. The van der Waals surface area contributed by atoms with Crippen molar-refractivity contribution in [3.8, 4) is 10.6 Å². The molecular formula is C24H24F3N3OS2. The zero-order valence-corrected chi connectivity index (χ0v) is 19.5. The van der Waals surface area contributed by atoms with Crippen LogP contribution in [0.1, 0.15) is 16.8 Å². The first-order valence-electron chi connectivity index (χ1n) is 10.7. The predicted molar refractivity (Wildman–Crippen MR) is 129 cm³/mol. The molecule has 1 amide bonds. The van der Waals surface area contributed by atoms with Crippen LogP contribution < -0.4 is 5.32 Å². The summed E-state index contributed by atoms with van der Waals surface area (Å²) in [7, 11) is 0. The van der Waals surface area contributed by atoms with E-state index in [1.165, 1.54) is 40.5 Å². The molecule has 2 heterocycles. The number of thiazole rings is 1. The van der Waals surface area contributed by atoms with Gasteiger partial charge < -0.3 is 10.2 Å². The number of anilines is 1. The summed E-state index contributed by atoms with van der Waals surface area (Å²) in [6, 6.07) is 12.8. The summed E-state index contributed by atoms with van der Waals surface area (Å²) >= 11 is 3.31. The minimum absolute atomic E-state index is 0.103. The Hall–Kier alpha value is -2.36. The molecule has 2 aromatic carbocycles. The fraction of sp³-hybridized carbons (Fsp3) is 0.333. The maximum atomic E-state index is 12.7. The highest BCUT2D eigenvalue weighted by Crippen LogP contribution is 2.31. The number of alkyl halides is 3. The number of hydrogen-bond donors (Lipinski definition) is 1. The number of rotatable bonds is 7. The van der Waals surface area contributed by atoms with E-state index in [9.17, 15) is 18.0 Å². The van der Waals surface area contributed by atoms with Crippen LogP contribution in [0.25, 0.3) is 10.6 Å². The number of halogens is 3. The van der Waals surface area contributed by atoms with Crippen molar-refractivity contribution < 1.29 is 18.0 Å². The summed E-state index contributed by atoms with van der Waals surface area (Å²) in [5.41, 5.74) is 2.46. The van der Waals surface area contributed by atoms with Crippen LogP contribution in [-0.4, -0.2) is 46.9 Å². The molecule has 1 aromatic heterocycles. The molecule has 0 bridgehead atoms. The van der Waals surface area contributed by atoms with Crippen molar-refractivity contribution in [2.24, 2.45) is 0 Å². The molecule has 4 nitrogen and oxygen atoms in total. The molecule has 1 saturated heterocycles. The molecule has 1 aliphatic heterocycles. The number of hydrogen-bond acceptors (Lipinski definition) is 5. The maximum absolute atomic E-state index is 12.7. The van der Waals surface area contributed by atoms with Gasteiger partial charge in [-0.3, -0.25) is 4.79 Å². The Morgan fingerprint density at radius 3 is 2.39 bits per heavy atom. The summed E-state index contributed by atoms with van der Waals surface area (Å²) in [4.78, 5) is 19.3. The van der Waals surface area contributed by atoms with Crippen LogP contribution in [0.5, 0.6) is 0 Å². The van der Waals surface area contributed by atoms with Crippen molar-refractivity contribution in [3.63, 3.8) is 0 Å². The molecule has 0 spiro atoms. The van der Waals surface area contributed by atoms with Crippen molar-refractivity contribution >= 4 is 34.7 Å². The molecule has 174 valence electrons. The van der Waals surface area contributed by atoms with E-state index in [1.54, 1.807) is 5.38 Å². The average Bonchev–Trinajstić information content (AvgIpc) is 3.27. The van der Waals surface area contributed by atoms with E-state index in [4.69, 9.17) is 0 Å². The first kappa shape index (κ1) is 23.8. The smallest absolute Gasteiger partial charge is 0.326 e. The zero-order chi connectivity index (χ0) is 23.3. The molecule has 4 rings (SSSR count). The van der Waals surface area contributed by atoms with Crippen LogP contribution in [0, 0.1) is 0 Å². The number of aromatic nitrogens is 1. The van der Waals surface area contributed by atoms with Crippen molar-refractivity contribution in [1.29, 1.82) is 0 Å². The molecule has 1 aliphatic rings. The van der Waals surface area contributed by atoms with Gasteiger partial charge in [0.2, 0.25) is 5.91 Å². The number of carbonyl (C=O) groups excluding carboxylic acids is 1. The molecule has 0 unspecified atom stereocenters. The van der Waals surface area contributed by atoms with E-state index in [0.717, 1.165) is 43.9 Å². The van der Waals surface area contributed by atoms with Gasteiger partial charge in [-0.05, 0) is 36.2 Å². The fourth-order valence-electron chi connectivity index (χ4n) is 3.56. The Bertz CT molecular complexity index is 1060. The van der Waals surface area contributed by atoms with Crippen LogP contribution in [0.15, 0.2) is 53.9 Å². The normalized spacial score (nSPS) is 14.9. The molecule has 1 N–H and O–H groups in total. The van der Waals surface area contributed by atoms with Gasteiger partial charge in [0.05, 0.1) is 17.7 Å². The van der Waals surface area contributed by atoms with E-state index in [0.29, 0.717) is 16.3 Å². The van der Waals surface area contributed by atoms with Gasteiger partial charge in [-0.1, -0.05) is 24.3 Å². The molecule has 9 heteroatoms. The predicted octanol–water partition coefficient (Wildman–Crippen LogP) is 5.60. The lowest BCUT2D eigenvalue weighted by molar-refractivity contribution is -0.137. The number of nitrogens with one attached hydrogen (secondary N) is 1. The highest BCUT2D eigenvalue weighted by molar-refractivity contribution is 7.99. The van der Waals surface area contributed by atoms with Gasteiger partial charge >= 0.3 is 6.18 Å². The Balaban J connectivity index is 1.28. The maximum Gasteiger partial charge on any atom is 0.416 e. The second-order valence-corrected chi connectivity index (χ2v) is 9.93. The fourth-order valence-corrected chi connectivity index (χ4v) is 5.36. The minimum atomic E-state index is -4.37. The van der Waals surface area contributed by atoms with Gasteiger partial charge in [-0.15, -0.1) is 11.3 Å². The monoisotopic (exact) mass is 491 g/mol. The number of thioether (sulfide) groups is 1. The number of carbonyl (C=O) groups is 1. The van der Waals surface area contributed by atoms with Gasteiger partial charge in [-0.2, -0.15) is 24.9 Å². The Kier molecular flexibility index (Phi) is 7.72. The van der Waals surface area contributed by atoms with E-state index in [-0.39, 0.29) is 12.3 Å². The van der Waals surface area contributed by atoms with E-state index < -0.39 is 11.7 Å². The summed E-state index contributed by atoms with van der Waals surface area (Å²) in [5, 5.41) is 5.23. The van der Waals surface area contributed by atoms with Crippen molar-refractivity contribution in [2.75, 3.05) is 36.5 Å². The Morgan fingerprint density at radius 2 is 1.73 bits per heavy atom. The molecular weight excluding hydrogens is 467 g/mol. The van der Waals surface area contributed by atoms with Crippen LogP contribution in [0.2, 0.25) is 0 Å². The second kappa shape index (κ2) is 10.7. The van der Waals surface area contributed by atoms with Crippen LogP contribution >= 0.6 is 23.1 Å². The summed E-state index contributed by atoms with van der Waals surface area (Å²) < 4.78 is 38.2. The molecule has 0 saturated carbocycles. The number of amides is 1. The summed E-state index contributed by atoms with van der Waals surface area (Å²) in [6.45, 7) is 3.35. The standard InChI is InChI=1S/C24H24F3N3OS2/c25-24(26,27)19-5-3-18(4-6-19)23-29-21(16-33-23)15-22(31)28-20-7-1-17(2-8-20)9-10-30-11-13-32-14-12-30/h1-8,16H,9-15H2,(H,28,31). The lowest BCUT2D eigenvalue weighted by atomic mass is 10.1. The average molecular weight is 492 g/mol. The third-order valence-corrected chi connectivity index (χ3v) is 7.29.